The monoisotopic (exact) mass is 726 g/mol. The largest absolute Gasteiger partial charge is 0.487 e. The molecule has 1 amide bonds. The zero-order chi connectivity index (χ0) is 24.9. The van der Waals surface area contributed by atoms with Crippen molar-refractivity contribution in [3.8, 4) is 5.75 Å². The number of hydrogen-bond donors (Lipinski definition) is 0. The van der Waals surface area contributed by atoms with E-state index >= 15 is 0 Å². The van der Waals surface area contributed by atoms with Crippen LogP contribution in [0.4, 0.5) is 0 Å². The van der Waals surface area contributed by atoms with Gasteiger partial charge in [-0.05, 0) is 112 Å². The van der Waals surface area contributed by atoms with E-state index in [9.17, 15) is 4.79 Å². The van der Waals surface area contributed by atoms with E-state index in [2.05, 4.69) is 80.4 Å². The maximum absolute atomic E-state index is 13.7. The summed E-state index contributed by atoms with van der Waals surface area (Å²) >= 11 is 6.27. The molecule has 0 unspecified atom stereocenters. The molecule has 2 aromatic rings. The SMILES string of the molecule is O=C1C(=Cc2cc(I)c(OCc3ccccc3)c(I)c2)SC(=NC2CCCCC2)N1C1CCCCC1. The number of amides is 1. The molecule has 1 heterocycles. The van der Waals surface area contributed by atoms with Crippen LogP contribution in [0.5, 0.6) is 5.75 Å². The van der Waals surface area contributed by atoms with Gasteiger partial charge in [0.05, 0.1) is 18.1 Å². The van der Waals surface area contributed by atoms with E-state index in [1.165, 1.54) is 38.5 Å². The lowest BCUT2D eigenvalue weighted by atomic mass is 9.94. The first-order chi connectivity index (χ1) is 17.6. The molecule has 0 spiro atoms. The van der Waals surface area contributed by atoms with E-state index in [0.717, 1.165) is 59.8 Å². The molecular formula is C29H32I2N2O2S. The Morgan fingerprint density at radius 2 is 1.58 bits per heavy atom. The minimum atomic E-state index is 0.135. The molecule has 4 nitrogen and oxygen atoms in total. The van der Waals surface area contributed by atoms with Gasteiger partial charge in [-0.15, -0.1) is 0 Å². The van der Waals surface area contributed by atoms with E-state index in [1.54, 1.807) is 11.8 Å². The molecule has 0 aromatic heterocycles. The van der Waals surface area contributed by atoms with Crippen molar-refractivity contribution < 1.29 is 9.53 Å². The molecule has 5 rings (SSSR count). The minimum Gasteiger partial charge on any atom is -0.487 e. The second kappa shape index (κ2) is 12.7. The normalized spacial score (nSPS) is 22.1. The Kier molecular flexibility index (Phi) is 9.32. The Balaban J connectivity index is 1.38. The van der Waals surface area contributed by atoms with Crippen molar-refractivity contribution in [2.45, 2.75) is 82.9 Å². The molecule has 2 aliphatic carbocycles. The highest BCUT2D eigenvalue weighted by Crippen LogP contribution is 2.39. The molecule has 36 heavy (non-hydrogen) atoms. The third-order valence-corrected chi connectivity index (χ3v) is 9.79. The first-order valence-electron chi connectivity index (χ1n) is 13.0. The fourth-order valence-electron chi connectivity index (χ4n) is 5.29. The summed E-state index contributed by atoms with van der Waals surface area (Å²) in [7, 11) is 0. The van der Waals surface area contributed by atoms with Crippen LogP contribution in [0.15, 0.2) is 52.4 Å². The van der Waals surface area contributed by atoms with E-state index in [-0.39, 0.29) is 5.91 Å². The van der Waals surface area contributed by atoms with Gasteiger partial charge in [-0.25, -0.2) is 0 Å². The van der Waals surface area contributed by atoms with Crippen LogP contribution in [0.25, 0.3) is 6.08 Å². The molecule has 0 atom stereocenters. The van der Waals surface area contributed by atoms with Crippen molar-refractivity contribution in [2.24, 2.45) is 4.99 Å². The highest BCUT2D eigenvalue weighted by Gasteiger charge is 2.39. The predicted molar refractivity (Wildman–Crippen MR) is 166 cm³/mol. The van der Waals surface area contributed by atoms with E-state index in [0.29, 0.717) is 18.7 Å². The van der Waals surface area contributed by atoms with E-state index in [1.807, 2.05) is 18.2 Å². The van der Waals surface area contributed by atoms with Crippen LogP contribution in [0.3, 0.4) is 0 Å². The quantitative estimate of drug-likeness (QED) is 0.222. The topological polar surface area (TPSA) is 41.9 Å². The lowest BCUT2D eigenvalue weighted by Crippen LogP contribution is -2.41. The molecule has 7 heteroatoms. The summed E-state index contributed by atoms with van der Waals surface area (Å²) in [6.45, 7) is 0.541. The number of hydrogen-bond acceptors (Lipinski definition) is 4. The van der Waals surface area contributed by atoms with Crippen LogP contribution in [0.2, 0.25) is 0 Å². The molecule has 1 saturated heterocycles. The van der Waals surface area contributed by atoms with Gasteiger partial charge in [0.25, 0.3) is 5.91 Å². The molecule has 2 aromatic carbocycles. The average Bonchev–Trinajstić information content (AvgIpc) is 3.19. The molecule has 1 aliphatic heterocycles. The van der Waals surface area contributed by atoms with Crippen LogP contribution in [0.1, 0.15) is 75.3 Å². The smallest absolute Gasteiger partial charge is 0.266 e. The summed E-state index contributed by atoms with van der Waals surface area (Å²) in [6, 6.07) is 15.1. The molecule has 0 N–H and O–H groups in total. The van der Waals surface area contributed by atoms with Gasteiger partial charge >= 0.3 is 0 Å². The van der Waals surface area contributed by atoms with Crippen LogP contribution in [-0.4, -0.2) is 28.1 Å². The highest BCUT2D eigenvalue weighted by atomic mass is 127. The molecular weight excluding hydrogens is 694 g/mol. The van der Waals surface area contributed by atoms with Crippen LogP contribution in [-0.2, 0) is 11.4 Å². The Labute approximate surface area is 246 Å². The zero-order valence-corrected chi connectivity index (χ0v) is 25.6. The molecule has 3 fully saturated rings. The van der Waals surface area contributed by atoms with Crippen molar-refractivity contribution in [1.29, 1.82) is 0 Å². The summed E-state index contributed by atoms with van der Waals surface area (Å²) in [6.07, 6.45) is 14.0. The number of rotatable bonds is 6. The summed E-state index contributed by atoms with van der Waals surface area (Å²) in [5.41, 5.74) is 2.19. The van der Waals surface area contributed by atoms with Crippen LogP contribution >= 0.6 is 56.9 Å². The van der Waals surface area contributed by atoms with Crippen molar-refractivity contribution in [1.82, 2.24) is 4.90 Å². The van der Waals surface area contributed by atoms with Gasteiger partial charge in [-0.2, -0.15) is 0 Å². The second-order valence-corrected chi connectivity index (χ2v) is 13.2. The Hall–Kier alpha value is -1.07. The number of halogens is 2. The molecule has 0 radical (unpaired) electrons. The third kappa shape index (κ3) is 6.49. The third-order valence-electron chi connectivity index (χ3n) is 7.19. The number of aliphatic imine (C=N–C) groups is 1. The van der Waals surface area contributed by atoms with Crippen molar-refractivity contribution in [3.63, 3.8) is 0 Å². The first-order valence-corrected chi connectivity index (χ1v) is 16.0. The van der Waals surface area contributed by atoms with Crippen LogP contribution in [0, 0.1) is 7.14 Å². The maximum Gasteiger partial charge on any atom is 0.266 e. The number of thioether (sulfide) groups is 1. The van der Waals surface area contributed by atoms with Gasteiger partial charge in [0.2, 0.25) is 0 Å². The average molecular weight is 726 g/mol. The van der Waals surface area contributed by atoms with Crippen molar-refractivity contribution >= 4 is 74.1 Å². The fraction of sp³-hybridized carbons (Fsp3) is 0.448. The Morgan fingerprint density at radius 1 is 0.944 bits per heavy atom. The highest BCUT2D eigenvalue weighted by molar-refractivity contribution is 14.1. The fourth-order valence-corrected chi connectivity index (χ4v) is 8.52. The van der Waals surface area contributed by atoms with Gasteiger partial charge in [-0.1, -0.05) is 68.9 Å². The number of carbonyl (C=O) groups is 1. The predicted octanol–water partition coefficient (Wildman–Crippen LogP) is 8.41. The molecule has 190 valence electrons. The lowest BCUT2D eigenvalue weighted by molar-refractivity contribution is -0.124. The summed E-state index contributed by atoms with van der Waals surface area (Å²) < 4.78 is 8.27. The minimum absolute atomic E-state index is 0.135. The maximum atomic E-state index is 13.7. The standard InChI is InChI=1S/C29H32I2N2O2S/c30-24-16-21(17-25(31)27(24)35-19-20-10-4-1-5-11-20)18-26-28(34)33(23-14-8-3-9-15-23)29(36-26)32-22-12-6-2-7-13-22/h1,4-5,10-11,16-18,22-23H,2-3,6-9,12-15,19H2. The summed E-state index contributed by atoms with van der Waals surface area (Å²) in [5.74, 6) is 1.03. The van der Waals surface area contributed by atoms with Crippen molar-refractivity contribution in [2.75, 3.05) is 0 Å². The number of benzene rings is 2. The summed E-state index contributed by atoms with van der Waals surface area (Å²) in [5, 5.41) is 0.942. The summed E-state index contributed by atoms with van der Waals surface area (Å²) in [4.78, 5) is 21.7. The van der Waals surface area contributed by atoms with E-state index in [4.69, 9.17) is 9.73 Å². The zero-order valence-electron chi connectivity index (χ0n) is 20.4. The van der Waals surface area contributed by atoms with Gasteiger partial charge in [0.15, 0.2) is 5.17 Å². The van der Waals surface area contributed by atoms with Crippen LogP contribution < -0.4 is 4.74 Å². The lowest BCUT2D eigenvalue weighted by Gasteiger charge is -2.31. The number of carbonyl (C=O) groups excluding carboxylic acids is 1. The van der Waals surface area contributed by atoms with Gasteiger partial charge < -0.3 is 4.74 Å². The number of ether oxygens (including phenoxy) is 1. The Bertz CT molecular complexity index is 1120. The van der Waals surface area contributed by atoms with E-state index < -0.39 is 0 Å². The second-order valence-electron chi connectivity index (χ2n) is 9.87. The van der Waals surface area contributed by atoms with Crippen molar-refractivity contribution in [3.05, 3.63) is 65.6 Å². The molecule has 0 bridgehead atoms. The van der Waals surface area contributed by atoms with Gasteiger partial charge in [0, 0.05) is 6.04 Å². The molecule has 2 saturated carbocycles. The Morgan fingerprint density at radius 3 is 2.25 bits per heavy atom. The van der Waals surface area contributed by atoms with Gasteiger partial charge in [-0.3, -0.25) is 14.7 Å². The van der Waals surface area contributed by atoms with Gasteiger partial charge in [0.1, 0.15) is 12.4 Å². The molecule has 3 aliphatic rings. The first kappa shape index (κ1) is 26.5. The number of nitrogens with zero attached hydrogens (tertiary/aromatic N) is 2. The number of amidine groups is 1.